The van der Waals surface area contributed by atoms with Crippen LogP contribution in [-0.2, 0) is 4.79 Å². The highest BCUT2D eigenvalue weighted by molar-refractivity contribution is 5.69. The highest BCUT2D eigenvalue weighted by Crippen LogP contribution is 2.37. The molecule has 3 aliphatic rings. The second-order valence-corrected chi connectivity index (χ2v) is 7.47. The Bertz CT molecular complexity index is 266. The molecule has 21 heavy (non-hydrogen) atoms. The molecule has 0 bridgehead atoms. The van der Waals surface area contributed by atoms with E-state index >= 15 is 0 Å². The van der Waals surface area contributed by atoms with Crippen molar-refractivity contribution in [1.82, 2.24) is 0 Å². The molecule has 1 N–H and O–H groups in total. The third-order valence-corrected chi connectivity index (χ3v) is 5.92. The summed E-state index contributed by atoms with van der Waals surface area (Å²) in [7, 11) is 0. The van der Waals surface area contributed by atoms with Crippen LogP contribution in [0.3, 0.4) is 0 Å². The van der Waals surface area contributed by atoms with Crippen LogP contribution >= 0.6 is 0 Å². The normalized spacial score (nSPS) is 25.9. The van der Waals surface area contributed by atoms with Crippen molar-refractivity contribution in [1.29, 1.82) is 0 Å². The molecule has 0 aliphatic heterocycles. The molecular formula is C19H34O2. The Morgan fingerprint density at radius 3 is 1.19 bits per heavy atom. The first-order chi connectivity index (χ1) is 10.3. The first kappa shape index (κ1) is 16.8. The van der Waals surface area contributed by atoms with Gasteiger partial charge >= 0.3 is 5.97 Å². The molecule has 0 aromatic heterocycles. The first-order valence-electron chi connectivity index (χ1n) is 9.50. The predicted octanol–water partition coefficient (Wildman–Crippen LogP) is 5.80. The van der Waals surface area contributed by atoms with Gasteiger partial charge in [0.25, 0.3) is 0 Å². The van der Waals surface area contributed by atoms with E-state index in [1.54, 1.807) is 25.7 Å². The number of hydrogen-bond acceptors (Lipinski definition) is 1. The van der Waals surface area contributed by atoms with Crippen LogP contribution in [0.5, 0.6) is 0 Å². The second-order valence-electron chi connectivity index (χ2n) is 7.47. The SMILES string of the molecule is C1CCC(C2CCCCC2)CC1.O=C(O)C1CCCCC1. The molecule has 0 amide bonds. The van der Waals surface area contributed by atoms with E-state index in [0.29, 0.717) is 0 Å². The zero-order valence-electron chi connectivity index (χ0n) is 13.7. The fraction of sp³-hybridized carbons (Fsp3) is 0.947. The maximum Gasteiger partial charge on any atom is 0.306 e. The van der Waals surface area contributed by atoms with Gasteiger partial charge in [-0.05, 0) is 24.7 Å². The first-order valence-corrected chi connectivity index (χ1v) is 9.50. The quantitative estimate of drug-likeness (QED) is 0.699. The van der Waals surface area contributed by atoms with Crippen molar-refractivity contribution in [3.8, 4) is 0 Å². The largest absolute Gasteiger partial charge is 0.481 e. The number of carbonyl (C=O) groups is 1. The van der Waals surface area contributed by atoms with Crippen LogP contribution in [0.1, 0.15) is 96.3 Å². The Balaban J connectivity index is 0.000000161. The van der Waals surface area contributed by atoms with Gasteiger partial charge in [-0.3, -0.25) is 4.79 Å². The minimum atomic E-state index is -0.602. The lowest BCUT2D eigenvalue weighted by atomic mass is 9.73. The van der Waals surface area contributed by atoms with Gasteiger partial charge in [0.2, 0.25) is 0 Å². The van der Waals surface area contributed by atoms with Crippen molar-refractivity contribution in [2.24, 2.45) is 17.8 Å². The number of aliphatic carboxylic acids is 1. The molecule has 0 unspecified atom stereocenters. The Morgan fingerprint density at radius 2 is 0.905 bits per heavy atom. The number of hydrogen-bond donors (Lipinski definition) is 1. The molecule has 0 aromatic rings. The zero-order valence-corrected chi connectivity index (χ0v) is 13.7. The number of carboxylic acids is 1. The molecule has 3 saturated carbocycles. The molecule has 3 aliphatic carbocycles. The van der Waals surface area contributed by atoms with Gasteiger partial charge < -0.3 is 5.11 Å². The van der Waals surface area contributed by atoms with Crippen LogP contribution in [0, 0.1) is 17.8 Å². The van der Waals surface area contributed by atoms with Gasteiger partial charge in [0.1, 0.15) is 0 Å². The average molecular weight is 294 g/mol. The van der Waals surface area contributed by atoms with E-state index in [1.807, 2.05) is 0 Å². The maximum absolute atomic E-state index is 10.4. The molecule has 0 atom stereocenters. The summed E-state index contributed by atoms with van der Waals surface area (Å²) in [5.74, 6) is 1.64. The zero-order chi connectivity index (χ0) is 14.9. The van der Waals surface area contributed by atoms with Gasteiger partial charge in [0, 0.05) is 0 Å². The molecule has 3 fully saturated rings. The van der Waals surface area contributed by atoms with Crippen molar-refractivity contribution in [2.45, 2.75) is 96.3 Å². The van der Waals surface area contributed by atoms with Crippen LogP contribution < -0.4 is 0 Å². The fourth-order valence-corrected chi connectivity index (χ4v) is 4.56. The van der Waals surface area contributed by atoms with Gasteiger partial charge in [-0.25, -0.2) is 0 Å². The standard InChI is InChI=1S/C12H22.C7H12O2/c1-3-7-11(8-4-1)12-9-5-2-6-10-12;8-7(9)6-4-2-1-3-5-6/h11-12H,1-10H2;6H,1-5H2,(H,8,9). The van der Waals surface area contributed by atoms with Crippen LogP contribution in [0.4, 0.5) is 0 Å². The monoisotopic (exact) mass is 294 g/mol. The number of carboxylic acid groups (broad SMARTS) is 1. The molecular weight excluding hydrogens is 260 g/mol. The van der Waals surface area contributed by atoms with Gasteiger partial charge in [0.15, 0.2) is 0 Å². The van der Waals surface area contributed by atoms with Crippen molar-refractivity contribution in [3.05, 3.63) is 0 Å². The van der Waals surface area contributed by atoms with E-state index in [1.165, 1.54) is 44.9 Å². The Labute approximate surface area is 130 Å². The van der Waals surface area contributed by atoms with E-state index in [9.17, 15) is 4.79 Å². The minimum absolute atomic E-state index is 0.0289. The molecule has 2 nitrogen and oxygen atoms in total. The molecule has 0 radical (unpaired) electrons. The summed E-state index contributed by atoms with van der Waals surface area (Å²) in [6.45, 7) is 0. The van der Waals surface area contributed by atoms with Crippen LogP contribution in [0.15, 0.2) is 0 Å². The molecule has 2 heteroatoms. The molecule has 0 saturated heterocycles. The third kappa shape index (κ3) is 6.00. The number of rotatable bonds is 2. The topological polar surface area (TPSA) is 37.3 Å². The average Bonchev–Trinajstić information content (AvgIpc) is 2.58. The summed E-state index contributed by atoms with van der Waals surface area (Å²) < 4.78 is 0. The van der Waals surface area contributed by atoms with E-state index in [-0.39, 0.29) is 5.92 Å². The van der Waals surface area contributed by atoms with Crippen LogP contribution in [-0.4, -0.2) is 11.1 Å². The van der Waals surface area contributed by atoms with Crippen LogP contribution in [0.25, 0.3) is 0 Å². The molecule has 122 valence electrons. The van der Waals surface area contributed by atoms with E-state index in [4.69, 9.17) is 5.11 Å². The predicted molar refractivity (Wildman–Crippen MR) is 87.4 cm³/mol. The molecule has 0 aromatic carbocycles. The highest BCUT2D eigenvalue weighted by atomic mass is 16.4. The summed E-state index contributed by atoms with van der Waals surface area (Å²) >= 11 is 0. The molecule has 0 spiro atoms. The molecule has 0 heterocycles. The minimum Gasteiger partial charge on any atom is -0.481 e. The van der Waals surface area contributed by atoms with E-state index in [0.717, 1.165) is 37.5 Å². The summed E-state index contributed by atoms with van der Waals surface area (Å²) in [6, 6.07) is 0. The summed E-state index contributed by atoms with van der Waals surface area (Å²) in [5, 5.41) is 8.54. The highest BCUT2D eigenvalue weighted by Gasteiger charge is 2.24. The smallest absolute Gasteiger partial charge is 0.306 e. The van der Waals surface area contributed by atoms with Gasteiger partial charge in [-0.15, -0.1) is 0 Å². The lowest BCUT2D eigenvalue weighted by Gasteiger charge is -2.32. The summed E-state index contributed by atoms with van der Waals surface area (Å²) in [6.07, 6.45) is 20.6. The maximum atomic E-state index is 10.4. The van der Waals surface area contributed by atoms with Gasteiger partial charge in [-0.2, -0.15) is 0 Å². The van der Waals surface area contributed by atoms with Crippen molar-refractivity contribution >= 4 is 5.97 Å². The Hall–Kier alpha value is -0.530. The third-order valence-electron chi connectivity index (χ3n) is 5.92. The van der Waals surface area contributed by atoms with Crippen molar-refractivity contribution in [2.75, 3.05) is 0 Å². The lowest BCUT2D eigenvalue weighted by Crippen LogP contribution is -2.20. The van der Waals surface area contributed by atoms with Crippen molar-refractivity contribution < 1.29 is 9.90 Å². The summed E-state index contributed by atoms with van der Waals surface area (Å²) in [4.78, 5) is 10.4. The second kappa shape index (κ2) is 9.48. The Kier molecular flexibility index (Phi) is 7.60. The fourth-order valence-electron chi connectivity index (χ4n) is 4.56. The van der Waals surface area contributed by atoms with Gasteiger partial charge in [0.05, 0.1) is 5.92 Å². The van der Waals surface area contributed by atoms with Crippen molar-refractivity contribution in [3.63, 3.8) is 0 Å². The molecule has 3 rings (SSSR count). The van der Waals surface area contributed by atoms with Crippen LogP contribution in [0.2, 0.25) is 0 Å². The van der Waals surface area contributed by atoms with E-state index in [2.05, 4.69) is 0 Å². The lowest BCUT2D eigenvalue weighted by molar-refractivity contribution is -0.142. The van der Waals surface area contributed by atoms with Gasteiger partial charge in [-0.1, -0.05) is 83.5 Å². The van der Waals surface area contributed by atoms with E-state index < -0.39 is 5.97 Å². The summed E-state index contributed by atoms with van der Waals surface area (Å²) in [5.41, 5.74) is 0. The Morgan fingerprint density at radius 1 is 0.571 bits per heavy atom.